The number of hydroxylamine groups is 3. The predicted molar refractivity (Wildman–Crippen MR) is 47.2 cm³/mol. The van der Waals surface area contributed by atoms with E-state index in [1.807, 2.05) is 0 Å². The Morgan fingerprint density at radius 2 is 1.67 bits per heavy atom. The maximum Gasteiger partial charge on any atom is 0.147 e. The topological polar surface area (TPSA) is 124 Å². The van der Waals surface area contributed by atoms with E-state index in [1.165, 1.54) is 0 Å². The number of aliphatic hydroxyl groups is 5. The highest BCUT2D eigenvalue weighted by Gasteiger charge is 2.64. The monoisotopic (exact) mass is 221 g/mol. The van der Waals surface area contributed by atoms with Crippen molar-refractivity contribution in [3.8, 4) is 0 Å². The van der Waals surface area contributed by atoms with Crippen molar-refractivity contribution in [3.05, 3.63) is 5.21 Å². The van der Waals surface area contributed by atoms with Gasteiger partial charge in [-0.05, 0) is 0 Å². The standard InChI is InChI=1S/C8H15NO6/c10-2-3-6(12)8(14)5-7(13)4(11)1-9(3,5)15/h3-8,10-14H,1-2H2/t3-,4-,5+,6+,7-,8+,9+/m0/s1. The van der Waals surface area contributed by atoms with Crippen LogP contribution in [0.5, 0.6) is 0 Å². The molecular formula is C8H15NO6. The molecule has 2 aliphatic heterocycles. The van der Waals surface area contributed by atoms with Gasteiger partial charge in [-0.25, -0.2) is 0 Å². The number of nitrogens with zero attached hydrogens (tertiary/aromatic N) is 1. The number of rotatable bonds is 1. The number of quaternary nitrogens is 1. The van der Waals surface area contributed by atoms with E-state index in [0.717, 1.165) is 0 Å². The minimum atomic E-state index is -1.41. The maximum atomic E-state index is 12.2. The van der Waals surface area contributed by atoms with Gasteiger partial charge in [-0.15, -0.1) is 0 Å². The van der Waals surface area contributed by atoms with Crippen LogP contribution >= 0.6 is 0 Å². The summed E-state index contributed by atoms with van der Waals surface area (Å²) in [6, 6.07) is -2.27. The van der Waals surface area contributed by atoms with Crippen LogP contribution in [-0.4, -0.2) is 79.8 Å². The van der Waals surface area contributed by atoms with Crippen LogP contribution in [0, 0.1) is 5.21 Å². The lowest BCUT2D eigenvalue weighted by molar-refractivity contribution is -0.909. The molecule has 2 heterocycles. The molecule has 0 aromatic carbocycles. The molecule has 88 valence electrons. The van der Waals surface area contributed by atoms with Crippen molar-refractivity contribution in [3.63, 3.8) is 0 Å². The lowest BCUT2D eigenvalue weighted by Crippen LogP contribution is -2.54. The molecule has 0 unspecified atom stereocenters. The second-order valence-electron chi connectivity index (χ2n) is 4.32. The van der Waals surface area contributed by atoms with E-state index in [4.69, 9.17) is 5.11 Å². The lowest BCUT2D eigenvalue weighted by Gasteiger charge is -2.43. The van der Waals surface area contributed by atoms with E-state index in [-0.39, 0.29) is 6.54 Å². The Bertz CT molecular complexity index is 264. The van der Waals surface area contributed by atoms with Gasteiger partial charge in [-0.3, -0.25) is 0 Å². The van der Waals surface area contributed by atoms with Crippen LogP contribution < -0.4 is 0 Å². The Labute approximate surface area is 86.0 Å². The molecule has 0 aromatic heterocycles. The molecule has 0 saturated carbocycles. The van der Waals surface area contributed by atoms with E-state index in [0.29, 0.717) is 0 Å². The Balaban J connectivity index is 2.35. The van der Waals surface area contributed by atoms with Gasteiger partial charge in [0.2, 0.25) is 0 Å². The van der Waals surface area contributed by atoms with E-state index < -0.39 is 47.8 Å². The molecule has 7 nitrogen and oxygen atoms in total. The van der Waals surface area contributed by atoms with Gasteiger partial charge in [0, 0.05) is 0 Å². The summed E-state index contributed by atoms with van der Waals surface area (Å²) < 4.78 is -1.12. The summed E-state index contributed by atoms with van der Waals surface area (Å²) in [4.78, 5) is 0. The first-order valence-corrected chi connectivity index (χ1v) is 4.85. The molecule has 2 fully saturated rings. The molecule has 0 amide bonds. The molecular weight excluding hydrogens is 206 g/mol. The fraction of sp³-hybridized carbons (Fsp3) is 1.00. The summed E-state index contributed by atoms with van der Waals surface area (Å²) in [5.74, 6) is 0. The summed E-state index contributed by atoms with van der Waals surface area (Å²) in [6.45, 7) is -0.900. The second kappa shape index (κ2) is 3.36. The van der Waals surface area contributed by atoms with Crippen molar-refractivity contribution in [1.82, 2.24) is 0 Å². The van der Waals surface area contributed by atoms with Gasteiger partial charge in [-0.1, -0.05) is 0 Å². The average Bonchev–Trinajstić information content (AvgIpc) is 2.48. The van der Waals surface area contributed by atoms with Crippen LogP contribution in [0.15, 0.2) is 0 Å². The molecule has 0 spiro atoms. The third-order valence-electron chi connectivity index (χ3n) is 3.56. The second-order valence-corrected chi connectivity index (χ2v) is 4.32. The fourth-order valence-electron chi connectivity index (χ4n) is 2.76. The van der Waals surface area contributed by atoms with Crippen LogP contribution in [0.25, 0.3) is 0 Å². The van der Waals surface area contributed by atoms with Crippen LogP contribution in [0.3, 0.4) is 0 Å². The molecule has 5 N–H and O–H groups in total. The Morgan fingerprint density at radius 3 is 2.20 bits per heavy atom. The maximum absolute atomic E-state index is 12.2. The van der Waals surface area contributed by atoms with E-state index in [1.54, 1.807) is 0 Å². The first-order chi connectivity index (χ1) is 6.93. The molecule has 0 aliphatic carbocycles. The predicted octanol–water partition coefficient (Wildman–Crippen LogP) is -3.50. The fourth-order valence-corrected chi connectivity index (χ4v) is 2.76. The number of hydrogen-bond donors (Lipinski definition) is 5. The van der Waals surface area contributed by atoms with Crippen molar-refractivity contribution in [2.45, 2.75) is 36.5 Å². The molecule has 0 radical (unpaired) electrons. The number of aliphatic hydroxyl groups excluding tert-OH is 5. The van der Waals surface area contributed by atoms with E-state index in [2.05, 4.69) is 0 Å². The van der Waals surface area contributed by atoms with E-state index >= 15 is 0 Å². The SMILES string of the molecule is [O-][N@@+]12C[C@H](O)[C@H](O)[C@@H]1[C@@H](O)[C@H](O)[C@@H]2CO. The number of fused-ring (bicyclic) bond motifs is 1. The first-order valence-electron chi connectivity index (χ1n) is 4.85. The third kappa shape index (κ3) is 1.26. The average molecular weight is 221 g/mol. The molecule has 7 atom stereocenters. The smallest absolute Gasteiger partial charge is 0.147 e. The Kier molecular flexibility index (Phi) is 2.51. The summed E-state index contributed by atoms with van der Waals surface area (Å²) >= 11 is 0. The summed E-state index contributed by atoms with van der Waals surface area (Å²) in [7, 11) is 0. The first kappa shape index (κ1) is 11.2. The van der Waals surface area contributed by atoms with Crippen molar-refractivity contribution in [2.75, 3.05) is 13.2 Å². The summed E-state index contributed by atoms with van der Waals surface area (Å²) in [5.41, 5.74) is 0. The largest absolute Gasteiger partial charge is 0.632 e. The highest BCUT2D eigenvalue weighted by atomic mass is 16.6. The normalized spacial score (nSPS) is 59.6. The highest BCUT2D eigenvalue weighted by Crippen LogP contribution is 2.40. The minimum Gasteiger partial charge on any atom is -0.632 e. The van der Waals surface area contributed by atoms with Gasteiger partial charge in [0.25, 0.3) is 0 Å². The van der Waals surface area contributed by atoms with E-state index in [9.17, 15) is 25.6 Å². The van der Waals surface area contributed by atoms with Crippen LogP contribution in [0.2, 0.25) is 0 Å². The summed E-state index contributed by atoms with van der Waals surface area (Å²) in [6.07, 6.45) is -5.35. The molecule has 7 heteroatoms. The minimum absolute atomic E-state index is 0.314. The van der Waals surface area contributed by atoms with Crippen molar-refractivity contribution in [1.29, 1.82) is 0 Å². The van der Waals surface area contributed by atoms with Crippen molar-refractivity contribution in [2.24, 2.45) is 0 Å². The van der Waals surface area contributed by atoms with Crippen LogP contribution in [0.4, 0.5) is 0 Å². The lowest BCUT2D eigenvalue weighted by atomic mass is 10.0. The van der Waals surface area contributed by atoms with Gasteiger partial charge in [0.05, 0.1) is 6.61 Å². The zero-order valence-electron chi connectivity index (χ0n) is 7.97. The zero-order chi connectivity index (χ0) is 11.4. The third-order valence-corrected chi connectivity index (χ3v) is 3.56. The van der Waals surface area contributed by atoms with Gasteiger partial charge >= 0.3 is 0 Å². The molecule has 15 heavy (non-hydrogen) atoms. The molecule has 2 saturated heterocycles. The zero-order valence-corrected chi connectivity index (χ0v) is 7.97. The molecule has 2 aliphatic rings. The Morgan fingerprint density at radius 1 is 1.07 bits per heavy atom. The quantitative estimate of drug-likeness (QED) is 0.231. The van der Waals surface area contributed by atoms with Crippen molar-refractivity contribution < 1.29 is 30.2 Å². The van der Waals surface area contributed by atoms with Crippen molar-refractivity contribution >= 4 is 0 Å². The molecule has 2 rings (SSSR count). The van der Waals surface area contributed by atoms with Gasteiger partial charge < -0.3 is 35.4 Å². The molecule has 0 aromatic rings. The van der Waals surface area contributed by atoms with Gasteiger partial charge in [-0.2, -0.15) is 0 Å². The van der Waals surface area contributed by atoms with Crippen LogP contribution in [-0.2, 0) is 0 Å². The van der Waals surface area contributed by atoms with Gasteiger partial charge in [0.15, 0.2) is 0 Å². The summed E-state index contributed by atoms with van der Waals surface area (Å²) in [5, 5.41) is 59.1. The van der Waals surface area contributed by atoms with Crippen LogP contribution in [0.1, 0.15) is 0 Å². The van der Waals surface area contributed by atoms with Gasteiger partial charge in [0.1, 0.15) is 43.0 Å². The number of hydrogen-bond acceptors (Lipinski definition) is 6. The molecule has 0 bridgehead atoms. The highest BCUT2D eigenvalue weighted by molar-refractivity contribution is 5.01. The Hall–Kier alpha value is -0.280.